The third kappa shape index (κ3) is 3.19. The van der Waals surface area contributed by atoms with Gasteiger partial charge >= 0.3 is 0 Å². The fourth-order valence-electron chi connectivity index (χ4n) is 2.52. The van der Waals surface area contributed by atoms with Crippen LogP contribution in [-0.2, 0) is 4.74 Å². The number of nitrogens with two attached hydrogens (primary N) is 1. The van der Waals surface area contributed by atoms with E-state index < -0.39 is 0 Å². The molecule has 2 rings (SSSR count). The fourth-order valence-corrected chi connectivity index (χ4v) is 2.86. The average molecular weight is 317 g/mol. The topological polar surface area (TPSA) is 55.6 Å². The van der Waals surface area contributed by atoms with Gasteiger partial charge in [0.2, 0.25) is 0 Å². The van der Waals surface area contributed by atoms with Gasteiger partial charge in [-0.1, -0.05) is 23.2 Å². The van der Waals surface area contributed by atoms with Crippen molar-refractivity contribution in [2.75, 3.05) is 18.8 Å². The van der Waals surface area contributed by atoms with Crippen LogP contribution in [0, 0.1) is 0 Å². The second-order valence-corrected chi connectivity index (χ2v) is 6.52. The molecule has 0 bridgehead atoms. The molecule has 1 fully saturated rings. The third-order valence-electron chi connectivity index (χ3n) is 3.16. The van der Waals surface area contributed by atoms with Gasteiger partial charge in [0.1, 0.15) is 0 Å². The number of anilines is 1. The molecule has 1 unspecified atom stereocenters. The van der Waals surface area contributed by atoms with Crippen molar-refractivity contribution in [3.63, 3.8) is 0 Å². The van der Waals surface area contributed by atoms with Crippen LogP contribution in [0.15, 0.2) is 12.1 Å². The lowest BCUT2D eigenvalue weighted by Crippen LogP contribution is -2.53. The zero-order valence-corrected chi connectivity index (χ0v) is 13.3. The maximum atomic E-state index is 12.6. The van der Waals surface area contributed by atoms with Crippen molar-refractivity contribution in [1.29, 1.82) is 0 Å². The molecule has 0 aromatic heterocycles. The Bertz CT molecular complexity index is 523. The van der Waals surface area contributed by atoms with Gasteiger partial charge < -0.3 is 15.4 Å². The van der Waals surface area contributed by atoms with Crippen LogP contribution in [-0.4, -0.2) is 35.6 Å². The Labute approximate surface area is 128 Å². The average Bonchev–Trinajstić information content (AvgIpc) is 2.32. The number of amides is 1. The molecule has 1 saturated heterocycles. The van der Waals surface area contributed by atoms with Crippen LogP contribution in [0.3, 0.4) is 0 Å². The van der Waals surface area contributed by atoms with Crippen molar-refractivity contribution >= 4 is 34.8 Å². The van der Waals surface area contributed by atoms with E-state index in [1.165, 1.54) is 0 Å². The number of morpholine rings is 1. The Kier molecular flexibility index (Phi) is 4.19. The van der Waals surface area contributed by atoms with Crippen molar-refractivity contribution in [2.45, 2.75) is 32.5 Å². The first-order valence-corrected chi connectivity index (χ1v) is 7.17. The van der Waals surface area contributed by atoms with Crippen molar-refractivity contribution in [3.05, 3.63) is 27.7 Å². The summed E-state index contributed by atoms with van der Waals surface area (Å²) in [6, 6.07) is 3.11. The molecule has 0 aliphatic carbocycles. The molecular formula is C14H18Cl2N2O2. The lowest BCUT2D eigenvalue weighted by atomic mass is 10.0. The van der Waals surface area contributed by atoms with E-state index in [-0.39, 0.29) is 27.7 Å². The highest BCUT2D eigenvalue weighted by atomic mass is 35.5. The second kappa shape index (κ2) is 5.43. The van der Waals surface area contributed by atoms with E-state index in [9.17, 15) is 4.79 Å². The van der Waals surface area contributed by atoms with Gasteiger partial charge in [-0.3, -0.25) is 4.79 Å². The SMILES string of the molecule is CC1CN(C(=O)c2cc(N)c(Cl)c(Cl)c2)CC(C)(C)O1. The van der Waals surface area contributed by atoms with Crippen molar-refractivity contribution in [1.82, 2.24) is 4.90 Å². The number of hydrogen-bond donors (Lipinski definition) is 1. The highest BCUT2D eigenvalue weighted by Crippen LogP contribution is 2.30. The lowest BCUT2D eigenvalue weighted by Gasteiger charge is -2.41. The molecule has 0 radical (unpaired) electrons. The van der Waals surface area contributed by atoms with E-state index >= 15 is 0 Å². The van der Waals surface area contributed by atoms with Crippen molar-refractivity contribution in [2.24, 2.45) is 0 Å². The van der Waals surface area contributed by atoms with E-state index in [0.29, 0.717) is 24.3 Å². The number of nitrogen functional groups attached to an aromatic ring is 1. The van der Waals surface area contributed by atoms with Gasteiger partial charge in [0.25, 0.3) is 5.91 Å². The van der Waals surface area contributed by atoms with Crippen LogP contribution in [0.4, 0.5) is 5.69 Å². The molecule has 4 nitrogen and oxygen atoms in total. The van der Waals surface area contributed by atoms with Crippen LogP contribution in [0.2, 0.25) is 10.0 Å². The Balaban J connectivity index is 2.27. The monoisotopic (exact) mass is 316 g/mol. The molecule has 0 saturated carbocycles. The number of carbonyl (C=O) groups excluding carboxylic acids is 1. The van der Waals surface area contributed by atoms with Crippen LogP contribution in [0.1, 0.15) is 31.1 Å². The molecule has 1 aromatic rings. The summed E-state index contributed by atoms with van der Waals surface area (Å²) in [6.45, 7) is 6.95. The Morgan fingerprint density at radius 3 is 2.65 bits per heavy atom. The Morgan fingerprint density at radius 1 is 1.45 bits per heavy atom. The molecular weight excluding hydrogens is 299 g/mol. The van der Waals surface area contributed by atoms with Gasteiger partial charge in [-0.05, 0) is 32.9 Å². The highest BCUT2D eigenvalue weighted by Gasteiger charge is 2.34. The number of hydrogen-bond acceptors (Lipinski definition) is 3. The first-order valence-electron chi connectivity index (χ1n) is 6.41. The maximum absolute atomic E-state index is 12.6. The van der Waals surface area contributed by atoms with Gasteiger partial charge in [0.15, 0.2) is 0 Å². The van der Waals surface area contributed by atoms with Gasteiger partial charge in [-0.15, -0.1) is 0 Å². The number of rotatable bonds is 1. The van der Waals surface area contributed by atoms with Crippen LogP contribution in [0.25, 0.3) is 0 Å². The number of halogens is 2. The second-order valence-electron chi connectivity index (χ2n) is 5.74. The third-order valence-corrected chi connectivity index (χ3v) is 3.98. The van der Waals surface area contributed by atoms with Gasteiger partial charge in [0.05, 0.1) is 27.4 Å². The zero-order valence-electron chi connectivity index (χ0n) is 11.7. The van der Waals surface area contributed by atoms with Crippen LogP contribution in [0.5, 0.6) is 0 Å². The number of carbonyl (C=O) groups is 1. The Morgan fingerprint density at radius 2 is 2.10 bits per heavy atom. The molecule has 1 aromatic carbocycles. The smallest absolute Gasteiger partial charge is 0.254 e. The number of nitrogens with zero attached hydrogens (tertiary/aromatic N) is 1. The van der Waals surface area contributed by atoms with Gasteiger partial charge in [-0.2, -0.15) is 0 Å². The fraction of sp³-hybridized carbons (Fsp3) is 0.500. The summed E-state index contributed by atoms with van der Waals surface area (Å²) in [6.07, 6.45) is -0.0113. The van der Waals surface area contributed by atoms with Crippen molar-refractivity contribution < 1.29 is 9.53 Å². The summed E-state index contributed by atoms with van der Waals surface area (Å²) in [5.41, 5.74) is 6.15. The lowest BCUT2D eigenvalue weighted by molar-refractivity contribution is -0.118. The minimum atomic E-state index is -0.366. The zero-order chi connectivity index (χ0) is 15.1. The molecule has 6 heteroatoms. The van der Waals surface area contributed by atoms with E-state index in [1.54, 1.807) is 17.0 Å². The molecule has 1 atom stereocenters. The van der Waals surface area contributed by atoms with Crippen LogP contribution >= 0.6 is 23.2 Å². The van der Waals surface area contributed by atoms with E-state index in [1.807, 2.05) is 20.8 Å². The summed E-state index contributed by atoms with van der Waals surface area (Å²) >= 11 is 11.9. The molecule has 1 amide bonds. The maximum Gasteiger partial charge on any atom is 0.254 e. The quantitative estimate of drug-likeness (QED) is 0.809. The first kappa shape index (κ1) is 15.4. The Hall–Kier alpha value is -0.970. The standard InChI is InChI=1S/C14H18Cl2N2O2/c1-8-6-18(7-14(2,3)20-8)13(19)9-4-10(15)12(16)11(17)5-9/h4-5,8H,6-7,17H2,1-3H3. The molecule has 1 aliphatic rings. The summed E-state index contributed by atoms with van der Waals surface area (Å²) in [4.78, 5) is 14.3. The molecule has 20 heavy (non-hydrogen) atoms. The number of ether oxygens (including phenoxy) is 1. The molecule has 1 aliphatic heterocycles. The molecule has 2 N–H and O–H groups in total. The predicted octanol–water partition coefficient (Wildman–Crippen LogP) is 3.22. The van der Waals surface area contributed by atoms with Gasteiger partial charge in [0, 0.05) is 18.7 Å². The molecule has 110 valence electrons. The summed E-state index contributed by atoms with van der Waals surface area (Å²) in [5, 5.41) is 0.564. The van der Waals surface area contributed by atoms with Crippen molar-refractivity contribution in [3.8, 4) is 0 Å². The summed E-state index contributed by atoms with van der Waals surface area (Å²) in [7, 11) is 0. The summed E-state index contributed by atoms with van der Waals surface area (Å²) in [5.74, 6) is -0.113. The number of benzene rings is 1. The molecule has 0 spiro atoms. The van der Waals surface area contributed by atoms with E-state index in [2.05, 4.69) is 0 Å². The summed E-state index contributed by atoms with van der Waals surface area (Å²) < 4.78 is 5.79. The molecule has 1 heterocycles. The minimum absolute atomic E-state index is 0.0113. The highest BCUT2D eigenvalue weighted by molar-refractivity contribution is 6.43. The van der Waals surface area contributed by atoms with E-state index in [0.717, 1.165) is 0 Å². The van der Waals surface area contributed by atoms with E-state index in [4.69, 9.17) is 33.7 Å². The van der Waals surface area contributed by atoms with Crippen LogP contribution < -0.4 is 5.73 Å². The van der Waals surface area contributed by atoms with Gasteiger partial charge in [-0.25, -0.2) is 0 Å². The first-order chi connectivity index (χ1) is 9.19. The normalized spacial score (nSPS) is 21.9. The predicted molar refractivity (Wildman–Crippen MR) is 81.4 cm³/mol. The largest absolute Gasteiger partial charge is 0.397 e. The minimum Gasteiger partial charge on any atom is -0.397 e.